The molecule has 0 bridgehead atoms. The molecule has 4 heteroatoms. The second kappa shape index (κ2) is 9.73. The number of aromatic carboxylic acids is 1. The largest absolute Gasteiger partial charge is 0.497 e. The average molecular weight is 429 g/mol. The van der Waals surface area contributed by atoms with Gasteiger partial charge in [-0.3, -0.25) is 0 Å². The lowest BCUT2D eigenvalue weighted by Gasteiger charge is -2.22. The van der Waals surface area contributed by atoms with Crippen LogP contribution in [0.3, 0.4) is 0 Å². The first kappa shape index (κ1) is 21.7. The number of benzene rings is 3. The Morgan fingerprint density at radius 1 is 0.906 bits per heavy atom. The Morgan fingerprint density at radius 2 is 1.62 bits per heavy atom. The number of hydrogen-bond acceptors (Lipinski definition) is 3. The Kier molecular flexibility index (Phi) is 6.60. The van der Waals surface area contributed by atoms with E-state index < -0.39 is 5.97 Å². The van der Waals surface area contributed by atoms with Gasteiger partial charge in [-0.1, -0.05) is 36.4 Å². The Hall–Kier alpha value is -3.53. The normalized spacial score (nSPS) is 12.6. The molecular weight excluding hydrogens is 400 g/mol. The van der Waals surface area contributed by atoms with Crippen molar-refractivity contribution in [2.45, 2.75) is 32.1 Å². The summed E-state index contributed by atoms with van der Waals surface area (Å²) in [4.78, 5) is 11.1. The van der Waals surface area contributed by atoms with Gasteiger partial charge in [0.15, 0.2) is 0 Å². The number of carboxylic acid groups (broad SMARTS) is 1. The monoisotopic (exact) mass is 428 g/mol. The molecule has 0 aliphatic heterocycles. The highest BCUT2D eigenvalue weighted by atomic mass is 16.5. The SMILES string of the molecule is COc1cc(CC2=CCCc3cccc(CCc4ccc(C(=O)O)cc4)c32)cc(OC)c1. The van der Waals surface area contributed by atoms with Crippen molar-refractivity contribution in [3.05, 3.63) is 100 Å². The van der Waals surface area contributed by atoms with E-state index in [0.29, 0.717) is 5.56 Å². The zero-order chi connectivity index (χ0) is 22.5. The summed E-state index contributed by atoms with van der Waals surface area (Å²) >= 11 is 0. The van der Waals surface area contributed by atoms with E-state index in [0.717, 1.165) is 49.2 Å². The zero-order valence-electron chi connectivity index (χ0n) is 18.6. The molecule has 0 saturated carbocycles. The lowest BCUT2D eigenvalue weighted by atomic mass is 9.83. The van der Waals surface area contributed by atoms with Crippen LogP contribution in [0, 0.1) is 0 Å². The first-order chi connectivity index (χ1) is 15.6. The summed E-state index contributed by atoms with van der Waals surface area (Å²) in [6.45, 7) is 0. The van der Waals surface area contributed by atoms with Crippen molar-refractivity contribution in [3.63, 3.8) is 0 Å². The number of fused-ring (bicyclic) bond motifs is 1. The third-order valence-corrected chi connectivity index (χ3v) is 6.05. The Balaban J connectivity index is 1.58. The van der Waals surface area contributed by atoms with Gasteiger partial charge < -0.3 is 14.6 Å². The molecular formula is C28H28O4. The second-order valence-corrected chi connectivity index (χ2v) is 8.12. The Morgan fingerprint density at radius 3 is 2.28 bits per heavy atom. The molecule has 0 spiro atoms. The van der Waals surface area contributed by atoms with E-state index >= 15 is 0 Å². The first-order valence-electron chi connectivity index (χ1n) is 10.9. The minimum atomic E-state index is -0.891. The predicted molar refractivity (Wildman–Crippen MR) is 127 cm³/mol. The summed E-state index contributed by atoms with van der Waals surface area (Å²) in [6.07, 6.45) is 7.07. The molecule has 4 rings (SSSR count). The van der Waals surface area contributed by atoms with Crippen LogP contribution < -0.4 is 9.47 Å². The van der Waals surface area contributed by atoms with Crippen molar-refractivity contribution in [2.75, 3.05) is 14.2 Å². The minimum Gasteiger partial charge on any atom is -0.497 e. The summed E-state index contributed by atoms with van der Waals surface area (Å²) in [5.41, 5.74) is 8.08. The van der Waals surface area contributed by atoms with E-state index in [1.807, 2.05) is 18.2 Å². The first-order valence-corrected chi connectivity index (χ1v) is 10.9. The lowest BCUT2D eigenvalue weighted by Crippen LogP contribution is -2.07. The molecule has 0 fully saturated rings. The lowest BCUT2D eigenvalue weighted by molar-refractivity contribution is 0.0697. The van der Waals surface area contributed by atoms with Gasteiger partial charge in [0.05, 0.1) is 19.8 Å². The number of rotatable bonds is 8. The van der Waals surface area contributed by atoms with E-state index in [2.05, 4.69) is 36.4 Å². The number of carbonyl (C=O) groups is 1. The van der Waals surface area contributed by atoms with Crippen molar-refractivity contribution in [1.82, 2.24) is 0 Å². The fraction of sp³-hybridized carbons (Fsp3) is 0.250. The highest BCUT2D eigenvalue weighted by Gasteiger charge is 2.17. The molecule has 0 unspecified atom stereocenters. The molecule has 0 atom stereocenters. The van der Waals surface area contributed by atoms with Gasteiger partial charge in [-0.15, -0.1) is 0 Å². The summed E-state index contributed by atoms with van der Waals surface area (Å²) in [6, 6.07) is 19.8. The molecule has 0 amide bonds. The number of methoxy groups -OCH3 is 2. The topological polar surface area (TPSA) is 55.8 Å². The van der Waals surface area contributed by atoms with Crippen LogP contribution in [0.2, 0.25) is 0 Å². The fourth-order valence-electron chi connectivity index (χ4n) is 4.43. The molecule has 0 aromatic heterocycles. The Labute approximate surface area is 189 Å². The summed E-state index contributed by atoms with van der Waals surface area (Å²) < 4.78 is 10.9. The molecule has 0 radical (unpaired) electrons. The predicted octanol–water partition coefficient (Wildman–Crippen LogP) is 5.76. The number of allylic oxidation sites excluding steroid dienone is 2. The van der Waals surface area contributed by atoms with Crippen molar-refractivity contribution >= 4 is 11.5 Å². The molecule has 1 aliphatic carbocycles. The van der Waals surface area contributed by atoms with E-state index in [9.17, 15) is 4.79 Å². The molecule has 3 aromatic carbocycles. The van der Waals surface area contributed by atoms with Gasteiger partial charge in [0, 0.05) is 6.07 Å². The van der Waals surface area contributed by atoms with Gasteiger partial charge in [-0.05, 0) is 89.8 Å². The number of aryl methyl sites for hydroxylation is 3. The van der Waals surface area contributed by atoms with Crippen LogP contribution in [0.1, 0.15) is 44.6 Å². The van der Waals surface area contributed by atoms with Gasteiger partial charge in [0.25, 0.3) is 0 Å². The van der Waals surface area contributed by atoms with Crippen LogP contribution in [-0.2, 0) is 25.7 Å². The van der Waals surface area contributed by atoms with E-state index in [4.69, 9.17) is 14.6 Å². The molecule has 0 saturated heterocycles. The van der Waals surface area contributed by atoms with Gasteiger partial charge in [0.1, 0.15) is 11.5 Å². The van der Waals surface area contributed by atoms with Crippen LogP contribution in [0.25, 0.3) is 5.57 Å². The van der Waals surface area contributed by atoms with Gasteiger partial charge >= 0.3 is 5.97 Å². The highest BCUT2D eigenvalue weighted by Crippen LogP contribution is 2.34. The number of ether oxygens (including phenoxy) is 2. The maximum atomic E-state index is 11.1. The van der Waals surface area contributed by atoms with Crippen molar-refractivity contribution in [2.24, 2.45) is 0 Å². The third kappa shape index (κ3) is 4.86. The molecule has 3 aromatic rings. The van der Waals surface area contributed by atoms with Crippen molar-refractivity contribution in [1.29, 1.82) is 0 Å². The zero-order valence-corrected chi connectivity index (χ0v) is 18.6. The molecule has 1 N–H and O–H groups in total. The number of carboxylic acids is 1. The van der Waals surface area contributed by atoms with Gasteiger partial charge in [0.2, 0.25) is 0 Å². The van der Waals surface area contributed by atoms with Crippen LogP contribution in [0.15, 0.2) is 66.7 Å². The smallest absolute Gasteiger partial charge is 0.335 e. The van der Waals surface area contributed by atoms with Crippen molar-refractivity contribution < 1.29 is 19.4 Å². The molecule has 0 heterocycles. The quantitative estimate of drug-likeness (QED) is 0.496. The standard InChI is InChI=1S/C28H28O4/c1-31-25-16-20(17-26(18-25)32-2)15-24-8-4-6-21-5-3-7-22(27(21)24)12-9-19-10-13-23(14-11-19)28(29)30/h3,5,7-8,10-11,13-14,16-18H,4,6,9,12,15H2,1-2H3,(H,29,30). The maximum Gasteiger partial charge on any atom is 0.335 e. The third-order valence-electron chi connectivity index (χ3n) is 6.05. The average Bonchev–Trinajstić information content (AvgIpc) is 2.82. The van der Waals surface area contributed by atoms with Crippen molar-refractivity contribution in [3.8, 4) is 11.5 Å². The van der Waals surface area contributed by atoms with Crippen LogP contribution >= 0.6 is 0 Å². The second-order valence-electron chi connectivity index (χ2n) is 8.12. The molecule has 164 valence electrons. The summed E-state index contributed by atoms with van der Waals surface area (Å²) in [5, 5.41) is 9.11. The maximum absolute atomic E-state index is 11.1. The Bertz CT molecular complexity index is 1120. The summed E-state index contributed by atoms with van der Waals surface area (Å²) in [7, 11) is 3.35. The van der Waals surface area contributed by atoms with E-state index in [1.54, 1.807) is 26.4 Å². The van der Waals surface area contributed by atoms with Crippen LogP contribution in [0.4, 0.5) is 0 Å². The van der Waals surface area contributed by atoms with Gasteiger partial charge in [-0.25, -0.2) is 4.79 Å². The molecule has 32 heavy (non-hydrogen) atoms. The summed E-state index contributed by atoms with van der Waals surface area (Å²) in [5.74, 6) is 0.709. The van der Waals surface area contributed by atoms with Crippen LogP contribution in [-0.4, -0.2) is 25.3 Å². The van der Waals surface area contributed by atoms with E-state index in [-0.39, 0.29) is 0 Å². The molecule has 4 nitrogen and oxygen atoms in total. The van der Waals surface area contributed by atoms with Crippen LogP contribution in [0.5, 0.6) is 11.5 Å². The fourth-order valence-corrected chi connectivity index (χ4v) is 4.43. The minimum absolute atomic E-state index is 0.324. The number of hydrogen-bond donors (Lipinski definition) is 1. The van der Waals surface area contributed by atoms with Gasteiger partial charge in [-0.2, -0.15) is 0 Å². The van der Waals surface area contributed by atoms with E-state index in [1.165, 1.54) is 27.8 Å². The highest BCUT2D eigenvalue weighted by molar-refractivity contribution is 5.87. The molecule has 1 aliphatic rings.